The summed E-state index contributed by atoms with van der Waals surface area (Å²) in [6, 6.07) is 2.18. The first kappa shape index (κ1) is 20.8. The van der Waals surface area contributed by atoms with Crippen molar-refractivity contribution in [3.63, 3.8) is 0 Å². The molecule has 3 fully saturated rings. The van der Waals surface area contributed by atoms with Gasteiger partial charge >= 0.3 is 12.1 Å². The molecule has 0 aromatic carbocycles. The van der Waals surface area contributed by atoms with E-state index in [1.165, 1.54) is 38.8 Å². The van der Waals surface area contributed by atoms with Crippen LogP contribution in [0.25, 0.3) is 0 Å². The quantitative estimate of drug-likeness (QED) is 0.800. The monoisotopic (exact) mass is 402 g/mol. The van der Waals surface area contributed by atoms with Crippen molar-refractivity contribution >= 4 is 11.9 Å². The SMILES string of the molecule is O=C(O)C(F)(F)F.c1cnc(NC2COC3(CCCN(CC4CC4)C3)C2)nc1. The second kappa shape index (κ2) is 8.60. The maximum Gasteiger partial charge on any atom is 0.490 e. The van der Waals surface area contributed by atoms with Gasteiger partial charge in [-0.15, -0.1) is 0 Å². The Balaban J connectivity index is 0.000000279. The number of carbonyl (C=O) groups is 1. The summed E-state index contributed by atoms with van der Waals surface area (Å²) in [4.78, 5) is 20.0. The third-order valence-corrected chi connectivity index (χ3v) is 5.18. The Bertz CT molecular complexity index is 657. The normalized spacial score (nSPS) is 27.9. The number of nitrogens with zero attached hydrogens (tertiary/aromatic N) is 3. The molecule has 1 aliphatic carbocycles. The highest BCUT2D eigenvalue weighted by Crippen LogP contribution is 2.37. The van der Waals surface area contributed by atoms with E-state index in [1.54, 1.807) is 12.4 Å². The Morgan fingerprint density at radius 1 is 1.36 bits per heavy atom. The van der Waals surface area contributed by atoms with Crippen molar-refractivity contribution < 1.29 is 27.8 Å². The Hall–Kier alpha value is -1.94. The number of piperidine rings is 1. The Morgan fingerprint density at radius 2 is 2.04 bits per heavy atom. The molecule has 0 bridgehead atoms. The number of nitrogens with one attached hydrogen (secondary N) is 1. The highest BCUT2D eigenvalue weighted by Gasteiger charge is 2.44. The lowest BCUT2D eigenvalue weighted by molar-refractivity contribution is -0.192. The van der Waals surface area contributed by atoms with Crippen LogP contribution in [0.3, 0.4) is 0 Å². The molecule has 1 saturated carbocycles. The number of aliphatic carboxylic acids is 1. The largest absolute Gasteiger partial charge is 0.490 e. The van der Waals surface area contributed by atoms with Gasteiger partial charge in [-0.05, 0) is 44.2 Å². The van der Waals surface area contributed by atoms with Gasteiger partial charge in [0.15, 0.2) is 0 Å². The number of ether oxygens (including phenoxy) is 1. The molecule has 2 saturated heterocycles. The van der Waals surface area contributed by atoms with Gasteiger partial charge in [-0.25, -0.2) is 14.8 Å². The van der Waals surface area contributed by atoms with E-state index in [0.717, 1.165) is 25.5 Å². The molecule has 1 spiro atoms. The molecule has 2 unspecified atom stereocenters. The maximum atomic E-state index is 10.6. The van der Waals surface area contributed by atoms with Crippen LogP contribution >= 0.6 is 0 Å². The number of carboxylic acid groups (broad SMARTS) is 1. The number of rotatable bonds is 4. The Morgan fingerprint density at radius 3 is 2.64 bits per heavy atom. The number of hydrogen-bond acceptors (Lipinski definition) is 6. The Labute approximate surface area is 161 Å². The predicted octanol–water partition coefficient (Wildman–Crippen LogP) is 2.56. The van der Waals surface area contributed by atoms with Crippen LogP contribution in [0.2, 0.25) is 0 Å². The average molecular weight is 402 g/mol. The van der Waals surface area contributed by atoms with Crippen molar-refractivity contribution in [1.82, 2.24) is 14.9 Å². The van der Waals surface area contributed by atoms with Crippen LogP contribution in [-0.2, 0) is 9.53 Å². The van der Waals surface area contributed by atoms with E-state index in [-0.39, 0.29) is 5.60 Å². The molecule has 4 rings (SSSR count). The van der Waals surface area contributed by atoms with E-state index in [1.807, 2.05) is 6.07 Å². The van der Waals surface area contributed by atoms with E-state index in [9.17, 15) is 13.2 Å². The molecule has 0 radical (unpaired) electrons. The third kappa shape index (κ3) is 6.03. The smallest absolute Gasteiger partial charge is 0.475 e. The highest BCUT2D eigenvalue weighted by atomic mass is 19.4. The van der Waals surface area contributed by atoms with Crippen molar-refractivity contribution in [1.29, 1.82) is 0 Å². The second-order valence-corrected chi connectivity index (χ2v) is 7.70. The highest BCUT2D eigenvalue weighted by molar-refractivity contribution is 5.73. The molecular formula is C18H25F3N4O3. The Kier molecular flexibility index (Phi) is 6.39. The van der Waals surface area contributed by atoms with Crippen LogP contribution in [0.4, 0.5) is 19.1 Å². The predicted molar refractivity (Wildman–Crippen MR) is 94.8 cm³/mol. The molecule has 2 aliphatic heterocycles. The molecule has 3 aliphatic rings. The van der Waals surface area contributed by atoms with Gasteiger partial charge in [0.1, 0.15) is 0 Å². The molecule has 156 valence electrons. The van der Waals surface area contributed by atoms with E-state index in [2.05, 4.69) is 20.2 Å². The van der Waals surface area contributed by atoms with Gasteiger partial charge in [-0.2, -0.15) is 13.2 Å². The van der Waals surface area contributed by atoms with Crippen molar-refractivity contribution in [2.75, 3.05) is 31.6 Å². The van der Waals surface area contributed by atoms with Gasteiger partial charge in [0, 0.05) is 31.9 Å². The molecule has 1 aromatic rings. The van der Waals surface area contributed by atoms with Gasteiger partial charge in [-0.1, -0.05) is 0 Å². The van der Waals surface area contributed by atoms with Gasteiger partial charge in [-0.3, -0.25) is 0 Å². The summed E-state index contributed by atoms with van der Waals surface area (Å²) in [5.41, 5.74) is 0.0690. The molecular weight excluding hydrogens is 377 g/mol. The first-order valence-electron chi connectivity index (χ1n) is 9.46. The lowest BCUT2D eigenvalue weighted by atomic mass is 9.88. The zero-order chi connectivity index (χ0) is 20.2. The van der Waals surface area contributed by atoms with E-state index in [4.69, 9.17) is 14.6 Å². The minimum absolute atomic E-state index is 0.0690. The molecule has 3 heterocycles. The molecule has 2 atom stereocenters. The van der Waals surface area contributed by atoms with Crippen LogP contribution < -0.4 is 5.32 Å². The second-order valence-electron chi connectivity index (χ2n) is 7.70. The number of halogens is 3. The number of likely N-dealkylation sites (tertiary alicyclic amines) is 1. The van der Waals surface area contributed by atoms with Crippen LogP contribution in [0.1, 0.15) is 32.1 Å². The lowest BCUT2D eigenvalue weighted by Gasteiger charge is -2.39. The number of hydrogen-bond donors (Lipinski definition) is 2. The zero-order valence-electron chi connectivity index (χ0n) is 15.5. The standard InChI is InChI=1S/C16H24N4O.C2HF3O2/c1-5-16(12-20(8-1)10-13-3-4-13)9-14(11-21-16)19-15-17-6-2-7-18-15;3-2(4,5)1(6)7/h2,6-7,13-14H,1,3-5,8-12H2,(H,17,18,19);(H,6,7). The summed E-state index contributed by atoms with van der Waals surface area (Å²) in [6.45, 7) is 4.42. The van der Waals surface area contributed by atoms with Crippen molar-refractivity contribution in [3.05, 3.63) is 18.5 Å². The van der Waals surface area contributed by atoms with Crippen LogP contribution in [0.15, 0.2) is 18.5 Å². The summed E-state index contributed by atoms with van der Waals surface area (Å²) in [5.74, 6) is -1.07. The van der Waals surface area contributed by atoms with Crippen LogP contribution in [0.5, 0.6) is 0 Å². The molecule has 1 aromatic heterocycles. The van der Waals surface area contributed by atoms with Gasteiger partial charge < -0.3 is 20.1 Å². The lowest BCUT2D eigenvalue weighted by Crippen LogP contribution is -2.48. The van der Waals surface area contributed by atoms with Gasteiger partial charge in [0.2, 0.25) is 5.95 Å². The number of alkyl halides is 3. The molecule has 0 amide bonds. The number of carboxylic acids is 1. The molecule has 10 heteroatoms. The fourth-order valence-electron chi connectivity index (χ4n) is 3.79. The number of aromatic nitrogens is 2. The minimum Gasteiger partial charge on any atom is -0.475 e. The summed E-state index contributed by atoms with van der Waals surface area (Å²) >= 11 is 0. The van der Waals surface area contributed by atoms with Gasteiger partial charge in [0.25, 0.3) is 0 Å². The first-order chi connectivity index (χ1) is 13.3. The van der Waals surface area contributed by atoms with Crippen molar-refractivity contribution in [2.24, 2.45) is 5.92 Å². The summed E-state index contributed by atoms with van der Waals surface area (Å²) < 4.78 is 38.0. The topological polar surface area (TPSA) is 87.6 Å². The van der Waals surface area contributed by atoms with E-state index < -0.39 is 12.1 Å². The fraction of sp³-hybridized carbons (Fsp3) is 0.722. The van der Waals surface area contributed by atoms with Crippen LogP contribution in [-0.4, -0.2) is 70.0 Å². The molecule has 28 heavy (non-hydrogen) atoms. The molecule has 2 N–H and O–H groups in total. The van der Waals surface area contributed by atoms with E-state index >= 15 is 0 Å². The minimum atomic E-state index is -5.08. The average Bonchev–Trinajstić information content (AvgIpc) is 3.37. The molecule has 7 nitrogen and oxygen atoms in total. The first-order valence-corrected chi connectivity index (χ1v) is 9.46. The maximum absolute atomic E-state index is 10.6. The third-order valence-electron chi connectivity index (χ3n) is 5.18. The van der Waals surface area contributed by atoms with Crippen molar-refractivity contribution in [3.8, 4) is 0 Å². The van der Waals surface area contributed by atoms with Crippen LogP contribution in [0, 0.1) is 5.92 Å². The van der Waals surface area contributed by atoms with E-state index in [0.29, 0.717) is 12.0 Å². The van der Waals surface area contributed by atoms with Crippen molar-refractivity contribution in [2.45, 2.75) is 49.9 Å². The summed E-state index contributed by atoms with van der Waals surface area (Å²) in [6.07, 6.45) is 4.87. The number of anilines is 1. The van der Waals surface area contributed by atoms with Gasteiger partial charge in [0.05, 0.1) is 18.2 Å². The fourth-order valence-corrected chi connectivity index (χ4v) is 3.79. The summed E-state index contributed by atoms with van der Waals surface area (Å²) in [5, 5.41) is 10.5. The summed E-state index contributed by atoms with van der Waals surface area (Å²) in [7, 11) is 0. The zero-order valence-corrected chi connectivity index (χ0v) is 15.5.